The summed E-state index contributed by atoms with van der Waals surface area (Å²) in [6.45, 7) is 4.53. The van der Waals surface area contributed by atoms with Crippen molar-refractivity contribution in [2.45, 2.75) is 38.4 Å². The third-order valence-electron chi connectivity index (χ3n) is 3.72. The van der Waals surface area contributed by atoms with E-state index in [4.69, 9.17) is 11.6 Å². The summed E-state index contributed by atoms with van der Waals surface area (Å²) in [5.74, 6) is 0. The Morgan fingerprint density at radius 2 is 2.06 bits per heavy atom. The van der Waals surface area contributed by atoms with Crippen LogP contribution in [-0.4, -0.2) is 30.6 Å². The fraction of sp³-hybridized carbons (Fsp3) is 0.571. The van der Waals surface area contributed by atoms with Gasteiger partial charge in [-0.1, -0.05) is 23.7 Å². The molecule has 2 unspecified atom stereocenters. The summed E-state index contributed by atoms with van der Waals surface area (Å²) in [6.07, 6.45) is 2.48. The highest BCUT2D eigenvalue weighted by Crippen LogP contribution is 2.20. The summed E-state index contributed by atoms with van der Waals surface area (Å²) < 4.78 is 0. The van der Waals surface area contributed by atoms with Crippen LogP contribution in [0.2, 0.25) is 5.02 Å². The molecule has 1 heterocycles. The van der Waals surface area contributed by atoms with Gasteiger partial charge in [-0.15, -0.1) is 0 Å². The first kappa shape index (κ1) is 12.9. The minimum absolute atomic E-state index is 0.650. The van der Waals surface area contributed by atoms with Crippen molar-refractivity contribution >= 4 is 11.6 Å². The van der Waals surface area contributed by atoms with Crippen molar-refractivity contribution in [3.05, 3.63) is 34.9 Å². The molecule has 2 rings (SSSR count). The van der Waals surface area contributed by atoms with Crippen molar-refractivity contribution in [1.82, 2.24) is 10.2 Å². The molecule has 0 aliphatic carbocycles. The highest BCUT2D eigenvalue weighted by molar-refractivity contribution is 6.30. The predicted molar refractivity (Wildman–Crippen MR) is 73.4 cm³/mol. The second-order valence-electron chi connectivity index (χ2n) is 4.96. The first-order chi connectivity index (χ1) is 8.19. The summed E-state index contributed by atoms with van der Waals surface area (Å²) in [6, 6.07) is 9.53. The van der Waals surface area contributed by atoms with E-state index in [2.05, 4.69) is 36.3 Å². The predicted octanol–water partition coefficient (Wildman–Crippen LogP) is 2.91. The second-order valence-corrected chi connectivity index (χ2v) is 5.39. The minimum atomic E-state index is 0.650. The molecule has 94 valence electrons. The molecule has 0 saturated carbocycles. The van der Waals surface area contributed by atoms with E-state index in [1.807, 2.05) is 12.1 Å². The summed E-state index contributed by atoms with van der Waals surface area (Å²) in [5.41, 5.74) is 1.35. The van der Waals surface area contributed by atoms with Crippen LogP contribution in [0.3, 0.4) is 0 Å². The van der Waals surface area contributed by atoms with Crippen LogP contribution in [0.4, 0.5) is 0 Å². The van der Waals surface area contributed by atoms with Crippen LogP contribution in [0.1, 0.15) is 25.3 Å². The number of likely N-dealkylation sites (tertiary alicyclic amines) is 1. The van der Waals surface area contributed by atoms with Crippen LogP contribution < -0.4 is 5.32 Å². The van der Waals surface area contributed by atoms with Crippen molar-refractivity contribution in [3.63, 3.8) is 0 Å². The van der Waals surface area contributed by atoms with E-state index < -0.39 is 0 Å². The number of halogens is 1. The fourth-order valence-corrected chi connectivity index (χ4v) is 2.67. The molecule has 2 nitrogen and oxygen atoms in total. The molecule has 1 aromatic rings. The normalized spacial score (nSPS) is 26.1. The lowest BCUT2D eigenvalue weighted by molar-refractivity contribution is 0.131. The zero-order valence-electron chi connectivity index (χ0n) is 10.6. The molecule has 1 aromatic carbocycles. The molecule has 3 heteroatoms. The van der Waals surface area contributed by atoms with Crippen molar-refractivity contribution in [2.24, 2.45) is 0 Å². The third kappa shape index (κ3) is 3.44. The molecular formula is C14H21ClN2. The first-order valence-electron chi connectivity index (χ1n) is 6.35. The lowest BCUT2D eigenvalue weighted by atomic mass is 9.98. The molecule has 0 amide bonds. The summed E-state index contributed by atoms with van der Waals surface area (Å²) >= 11 is 5.90. The number of rotatable bonds is 3. The molecule has 1 N–H and O–H groups in total. The van der Waals surface area contributed by atoms with Gasteiger partial charge in [0.05, 0.1) is 0 Å². The maximum absolute atomic E-state index is 5.90. The van der Waals surface area contributed by atoms with Crippen LogP contribution in [0.5, 0.6) is 0 Å². The van der Waals surface area contributed by atoms with E-state index in [9.17, 15) is 0 Å². The number of hydrogen-bond acceptors (Lipinski definition) is 2. The Morgan fingerprint density at radius 3 is 2.65 bits per heavy atom. The maximum Gasteiger partial charge on any atom is 0.0406 e. The average molecular weight is 253 g/mol. The summed E-state index contributed by atoms with van der Waals surface area (Å²) in [7, 11) is 2.06. The van der Waals surface area contributed by atoms with E-state index in [0.29, 0.717) is 12.1 Å². The zero-order chi connectivity index (χ0) is 12.3. The van der Waals surface area contributed by atoms with Crippen molar-refractivity contribution in [1.29, 1.82) is 0 Å². The van der Waals surface area contributed by atoms with Crippen LogP contribution in [-0.2, 0) is 6.54 Å². The van der Waals surface area contributed by atoms with Crippen LogP contribution in [0.15, 0.2) is 24.3 Å². The quantitative estimate of drug-likeness (QED) is 0.890. The van der Waals surface area contributed by atoms with E-state index in [1.54, 1.807) is 0 Å². The maximum atomic E-state index is 5.90. The third-order valence-corrected chi connectivity index (χ3v) is 3.97. The number of benzene rings is 1. The standard InChI is InChI=1S/C14H21ClN2/c1-11-9-14(16-2)7-8-17(11)10-12-3-5-13(15)6-4-12/h3-6,11,14,16H,7-10H2,1-2H3. The first-order valence-corrected chi connectivity index (χ1v) is 6.72. The van der Waals surface area contributed by atoms with Crippen LogP contribution in [0.25, 0.3) is 0 Å². The van der Waals surface area contributed by atoms with E-state index >= 15 is 0 Å². The summed E-state index contributed by atoms with van der Waals surface area (Å²) in [4.78, 5) is 2.55. The van der Waals surface area contributed by atoms with Crippen LogP contribution >= 0.6 is 11.6 Å². The topological polar surface area (TPSA) is 15.3 Å². The van der Waals surface area contributed by atoms with Gasteiger partial charge in [0.25, 0.3) is 0 Å². The van der Waals surface area contributed by atoms with Gasteiger partial charge in [-0.3, -0.25) is 4.90 Å². The smallest absolute Gasteiger partial charge is 0.0406 e. The van der Waals surface area contributed by atoms with Gasteiger partial charge in [-0.05, 0) is 44.5 Å². The monoisotopic (exact) mass is 252 g/mol. The van der Waals surface area contributed by atoms with Gasteiger partial charge in [0.1, 0.15) is 0 Å². The molecule has 0 aromatic heterocycles. The molecule has 0 spiro atoms. The van der Waals surface area contributed by atoms with Gasteiger partial charge < -0.3 is 5.32 Å². The fourth-order valence-electron chi connectivity index (χ4n) is 2.54. The molecule has 1 aliphatic heterocycles. The highest BCUT2D eigenvalue weighted by Gasteiger charge is 2.24. The Morgan fingerprint density at radius 1 is 1.35 bits per heavy atom. The van der Waals surface area contributed by atoms with Gasteiger partial charge in [0, 0.05) is 30.2 Å². The molecular weight excluding hydrogens is 232 g/mol. The molecule has 1 fully saturated rings. The molecule has 17 heavy (non-hydrogen) atoms. The minimum Gasteiger partial charge on any atom is -0.317 e. The second kappa shape index (κ2) is 5.85. The lowest BCUT2D eigenvalue weighted by Gasteiger charge is -2.37. The van der Waals surface area contributed by atoms with Gasteiger partial charge in [0.15, 0.2) is 0 Å². The van der Waals surface area contributed by atoms with Crippen molar-refractivity contribution < 1.29 is 0 Å². The highest BCUT2D eigenvalue weighted by atomic mass is 35.5. The largest absolute Gasteiger partial charge is 0.317 e. The van der Waals surface area contributed by atoms with Crippen LogP contribution in [0, 0.1) is 0 Å². The summed E-state index contributed by atoms with van der Waals surface area (Å²) in [5, 5.41) is 4.20. The van der Waals surface area contributed by atoms with Gasteiger partial charge >= 0.3 is 0 Å². The number of nitrogens with one attached hydrogen (secondary N) is 1. The number of nitrogens with zero attached hydrogens (tertiary/aromatic N) is 1. The molecule has 1 saturated heterocycles. The molecule has 0 bridgehead atoms. The van der Waals surface area contributed by atoms with Crippen molar-refractivity contribution in [2.75, 3.05) is 13.6 Å². The Hall–Kier alpha value is -0.570. The Kier molecular flexibility index (Phi) is 4.43. The van der Waals surface area contributed by atoms with E-state index in [-0.39, 0.29) is 0 Å². The van der Waals surface area contributed by atoms with Gasteiger partial charge in [0.2, 0.25) is 0 Å². The van der Waals surface area contributed by atoms with E-state index in [0.717, 1.165) is 11.6 Å². The van der Waals surface area contributed by atoms with Crippen molar-refractivity contribution in [3.8, 4) is 0 Å². The Bertz CT molecular complexity index is 350. The average Bonchev–Trinajstić information content (AvgIpc) is 2.34. The number of hydrogen-bond donors (Lipinski definition) is 1. The Labute approximate surface area is 109 Å². The van der Waals surface area contributed by atoms with E-state index in [1.165, 1.54) is 24.9 Å². The molecule has 1 aliphatic rings. The van der Waals surface area contributed by atoms with Gasteiger partial charge in [-0.25, -0.2) is 0 Å². The molecule has 2 atom stereocenters. The zero-order valence-corrected chi connectivity index (χ0v) is 11.4. The lowest BCUT2D eigenvalue weighted by Crippen LogP contribution is -2.46. The molecule has 0 radical (unpaired) electrons. The SMILES string of the molecule is CNC1CCN(Cc2ccc(Cl)cc2)C(C)C1. The number of piperidine rings is 1. The Balaban J connectivity index is 1.93. The van der Waals surface area contributed by atoms with Gasteiger partial charge in [-0.2, -0.15) is 0 Å².